The average molecular weight is 464 g/mol. The molecule has 1 N–H and O–H groups in total. The van der Waals surface area contributed by atoms with Crippen LogP contribution in [0.15, 0.2) is 84.9 Å². The summed E-state index contributed by atoms with van der Waals surface area (Å²) in [5, 5.41) is 0. The monoisotopic (exact) mass is 463 g/mol. The molecule has 0 aromatic heterocycles. The SMILES string of the molecule is CCS(=O)(=O)Nc1cccc(C(=O)N2CCN(C(c3ccccc3)c3ccccc3)CC2)c1. The van der Waals surface area contributed by atoms with Crippen molar-refractivity contribution in [3.05, 3.63) is 102 Å². The van der Waals surface area contributed by atoms with E-state index in [2.05, 4.69) is 58.2 Å². The van der Waals surface area contributed by atoms with Gasteiger partial charge in [-0.2, -0.15) is 0 Å². The number of hydrogen-bond acceptors (Lipinski definition) is 4. The molecular weight excluding hydrogens is 434 g/mol. The van der Waals surface area contributed by atoms with Crippen LogP contribution in [0.4, 0.5) is 5.69 Å². The Morgan fingerprint density at radius 3 is 1.97 bits per heavy atom. The molecule has 1 saturated heterocycles. The fraction of sp³-hybridized carbons (Fsp3) is 0.269. The van der Waals surface area contributed by atoms with Gasteiger partial charge in [0, 0.05) is 37.4 Å². The van der Waals surface area contributed by atoms with E-state index in [0.717, 1.165) is 13.1 Å². The lowest BCUT2D eigenvalue weighted by Crippen LogP contribution is -2.49. The second-order valence-corrected chi connectivity index (χ2v) is 10.1. The van der Waals surface area contributed by atoms with Crippen LogP contribution in [0.5, 0.6) is 0 Å². The van der Waals surface area contributed by atoms with Gasteiger partial charge in [0.25, 0.3) is 5.91 Å². The highest BCUT2D eigenvalue weighted by atomic mass is 32.2. The summed E-state index contributed by atoms with van der Waals surface area (Å²) in [6, 6.07) is 27.7. The zero-order chi connectivity index (χ0) is 23.3. The third-order valence-corrected chi connectivity index (χ3v) is 7.27. The van der Waals surface area contributed by atoms with E-state index >= 15 is 0 Å². The Morgan fingerprint density at radius 1 is 0.848 bits per heavy atom. The van der Waals surface area contributed by atoms with Crippen LogP contribution in [0.3, 0.4) is 0 Å². The van der Waals surface area contributed by atoms with Gasteiger partial charge in [-0.25, -0.2) is 8.42 Å². The van der Waals surface area contributed by atoms with E-state index in [4.69, 9.17) is 0 Å². The lowest BCUT2D eigenvalue weighted by molar-refractivity contribution is 0.0597. The minimum atomic E-state index is -3.39. The molecule has 0 saturated carbocycles. The average Bonchev–Trinajstić information content (AvgIpc) is 2.85. The maximum absolute atomic E-state index is 13.1. The molecule has 7 heteroatoms. The van der Waals surface area contributed by atoms with Gasteiger partial charge in [-0.15, -0.1) is 0 Å². The van der Waals surface area contributed by atoms with E-state index in [1.807, 2.05) is 17.0 Å². The fourth-order valence-electron chi connectivity index (χ4n) is 4.22. The molecule has 3 aromatic carbocycles. The zero-order valence-corrected chi connectivity index (χ0v) is 19.5. The number of anilines is 1. The van der Waals surface area contributed by atoms with Gasteiger partial charge in [-0.1, -0.05) is 66.7 Å². The van der Waals surface area contributed by atoms with Crippen molar-refractivity contribution in [2.24, 2.45) is 0 Å². The van der Waals surface area contributed by atoms with Crippen molar-refractivity contribution >= 4 is 21.6 Å². The predicted octanol–water partition coefficient (Wildman–Crippen LogP) is 4.00. The summed E-state index contributed by atoms with van der Waals surface area (Å²) in [5.74, 6) is -0.0971. The molecule has 0 aliphatic carbocycles. The third-order valence-electron chi connectivity index (χ3n) is 5.96. The maximum atomic E-state index is 13.1. The quantitative estimate of drug-likeness (QED) is 0.575. The molecule has 172 valence electrons. The predicted molar refractivity (Wildman–Crippen MR) is 132 cm³/mol. The highest BCUT2D eigenvalue weighted by Crippen LogP contribution is 2.29. The van der Waals surface area contributed by atoms with Crippen LogP contribution in [0.1, 0.15) is 34.5 Å². The molecule has 1 amide bonds. The van der Waals surface area contributed by atoms with Crippen molar-refractivity contribution in [3.63, 3.8) is 0 Å². The van der Waals surface area contributed by atoms with Gasteiger partial charge >= 0.3 is 0 Å². The molecule has 3 aromatic rings. The van der Waals surface area contributed by atoms with Gasteiger partial charge in [0.15, 0.2) is 0 Å². The van der Waals surface area contributed by atoms with Crippen LogP contribution in [0, 0.1) is 0 Å². The Balaban J connectivity index is 1.47. The van der Waals surface area contributed by atoms with Crippen molar-refractivity contribution in [3.8, 4) is 0 Å². The first kappa shape index (κ1) is 23.0. The van der Waals surface area contributed by atoms with E-state index in [1.165, 1.54) is 11.1 Å². The smallest absolute Gasteiger partial charge is 0.254 e. The van der Waals surface area contributed by atoms with Crippen LogP contribution in [-0.2, 0) is 10.0 Å². The highest BCUT2D eigenvalue weighted by Gasteiger charge is 2.28. The van der Waals surface area contributed by atoms with E-state index in [0.29, 0.717) is 24.3 Å². The first-order valence-corrected chi connectivity index (χ1v) is 12.9. The van der Waals surface area contributed by atoms with Crippen LogP contribution in [-0.4, -0.2) is 56.1 Å². The molecule has 0 unspecified atom stereocenters. The van der Waals surface area contributed by atoms with Crippen LogP contribution < -0.4 is 4.72 Å². The van der Waals surface area contributed by atoms with Gasteiger partial charge in [0.05, 0.1) is 11.8 Å². The summed E-state index contributed by atoms with van der Waals surface area (Å²) >= 11 is 0. The maximum Gasteiger partial charge on any atom is 0.254 e. The minimum absolute atomic E-state index is 0.0167. The fourth-order valence-corrected chi connectivity index (χ4v) is 4.85. The van der Waals surface area contributed by atoms with Gasteiger partial charge in [-0.3, -0.25) is 14.4 Å². The Kier molecular flexibility index (Phi) is 7.11. The number of carbonyl (C=O) groups is 1. The van der Waals surface area contributed by atoms with Crippen molar-refractivity contribution in [2.45, 2.75) is 13.0 Å². The van der Waals surface area contributed by atoms with E-state index in [1.54, 1.807) is 31.2 Å². The second-order valence-electron chi connectivity index (χ2n) is 8.14. The van der Waals surface area contributed by atoms with Gasteiger partial charge in [0.1, 0.15) is 0 Å². The number of carbonyl (C=O) groups excluding carboxylic acids is 1. The molecule has 6 nitrogen and oxygen atoms in total. The number of benzene rings is 3. The lowest BCUT2D eigenvalue weighted by Gasteiger charge is -2.39. The van der Waals surface area contributed by atoms with Crippen molar-refractivity contribution in [1.82, 2.24) is 9.80 Å². The molecule has 33 heavy (non-hydrogen) atoms. The van der Waals surface area contributed by atoms with Crippen molar-refractivity contribution < 1.29 is 13.2 Å². The largest absolute Gasteiger partial charge is 0.336 e. The standard InChI is InChI=1S/C26H29N3O3S/c1-2-33(31,32)27-24-15-9-14-23(20-24)26(30)29-18-16-28(17-19-29)25(21-10-5-3-6-11-21)22-12-7-4-8-13-22/h3-15,20,25,27H,2,16-19H2,1H3. The van der Waals surface area contributed by atoms with Crippen LogP contribution >= 0.6 is 0 Å². The molecule has 0 spiro atoms. The molecule has 1 fully saturated rings. The van der Waals surface area contributed by atoms with Crippen molar-refractivity contribution in [1.29, 1.82) is 0 Å². The summed E-state index contributed by atoms with van der Waals surface area (Å²) in [6.07, 6.45) is 0. The number of nitrogens with one attached hydrogen (secondary N) is 1. The molecule has 0 radical (unpaired) electrons. The van der Waals surface area contributed by atoms with Gasteiger partial charge < -0.3 is 4.90 Å². The normalized spacial score (nSPS) is 14.9. The number of piperazine rings is 1. The number of hydrogen-bond donors (Lipinski definition) is 1. The highest BCUT2D eigenvalue weighted by molar-refractivity contribution is 7.92. The van der Waals surface area contributed by atoms with Crippen LogP contribution in [0.25, 0.3) is 0 Å². The Bertz CT molecular complexity index is 1140. The number of nitrogens with zero attached hydrogens (tertiary/aromatic N) is 2. The number of amides is 1. The molecular formula is C26H29N3O3S. The second kappa shape index (κ2) is 10.2. The number of rotatable bonds is 7. The van der Waals surface area contributed by atoms with Crippen LogP contribution in [0.2, 0.25) is 0 Å². The summed E-state index contributed by atoms with van der Waals surface area (Å²) in [6.45, 7) is 4.31. The number of sulfonamides is 1. The molecule has 0 atom stereocenters. The Labute approximate surface area is 195 Å². The zero-order valence-electron chi connectivity index (χ0n) is 18.7. The first-order chi connectivity index (χ1) is 16.0. The minimum Gasteiger partial charge on any atom is -0.336 e. The molecule has 1 aliphatic rings. The Morgan fingerprint density at radius 2 is 1.42 bits per heavy atom. The molecule has 1 aliphatic heterocycles. The topological polar surface area (TPSA) is 69.7 Å². The summed E-state index contributed by atoms with van der Waals surface area (Å²) in [7, 11) is -3.39. The summed E-state index contributed by atoms with van der Waals surface area (Å²) < 4.78 is 26.3. The van der Waals surface area contributed by atoms with E-state index in [9.17, 15) is 13.2 Å². The molecule has 0 bridgehead atoms. The van der Waals surface area contributed by atoms with Gasteiger partial charge in [0.2, 0.25) is 10.0 Å². The molecule has 4 rings (SSSR count). The first-order valence-electron chi connectivity index (χ1n) is 11.2. The summed E-state index contributed by atoms with van der Waals surface area (Å²) in [4.78, 5) is 17.4. The lowest BCUT2D eigenvalue weighted by atomic mass is 9.96. The molecule has 1 heterocycles. The Hall–Kier alpha value is -3.16. The van der Waals surface area contributed by atoms with E-state index in [-0.39, 0.29) is 17.7 Å². The van der Waals surface area contributed by atoms with Crippen molar-refractivity contribution in [2.75, 3.05) is 36.7 Å². The van der Waals surface area contributed by atoms with E-state index < -0.39 is 10.0 Å². The third kappa shape index (κ3) is 5.61. The summed E-state index contributed by atoms with van der Waals surface area (Å²) in [5.41, 5.74) is 3.37. The van der Waals surface area contributed by atoms with Gasteiger partial charge in [-0.05, 0) is 36.2 Å².